The van der Waals surface area contributed by atoms with Crippen LogP contribution in [-0.2, 0) is 0 Å². The van der Waals surface area contributed by atoms with Crippen molar-refractivity contribution in [2.45, 2.75) is 211 Å². The number of hydrogen-bond acceptors (Lipinski definition) is 5. The van der Waals surface area contributed by atoms with E-state index in [1.807, 2.05) is 0 Å². The van der Waals surface area contributed by atoms with Gasteiger partial charge in [-0.1, -0.05) is 201 Å². The van der Waals surface area contributed by atoms with Gasteiger partial charge in [0.25, 0.3) is 0 Å². The summed E-state index contributed by atoms with van der Waals surface area (Å²) in [4.78, 5) is 0. The minimum Gasteiger partial charge on any atom is -0.0939 e. The van der Waals surface area contributed by atoms with Crippen molar-refractivity contribution in [2.24, 2.45) is 0 Å². The van der Waals surface area contributed by atoms with Crippen LogP contribution in [0.1, 0.15) is 195 Å². The number of hydrogen-bond donors (Lipinski definition) is 0. The summed E-state index contributed by atoms with van der Waals surface area (Å²) in [6.07, 6.45) is 36.1. The van der Waals surface area contributed by atoms with Gasteiger partial charge in [-0.15, -0.1) is 0 Å². The van der Waals surface area contributed by atoms with Crippen LogP contribution >= 0.6 is 57.4 Å². The van der Waals surface area contributed by atoms with Crippen LogP contribution in [0.2, 0.25) is 0 Å². The van der Waals surface area contributed by atoms with Gasteiger partial charge in [0.05, 0.1) is 0 Å². The highest BCUT2D eigenvalue weighted by molar-refractivity contribution is 9.97. The maximum absolute atomic E-state index is 2.82. The van der Waals surface area contributed by atoms with Crippen LogP contribution in [0, 0.1) is 0 Å². The van der Waals surface area contributed by atoms with Crippen molar-refractivity contribution in [1.29, 1.82) is 0 Å². The second kappa shape index (κ2) is 21.9. The molecule has 1 atom stereocenters. The molecule has 2 aliphatic rings. The molecule has 0 aliphatic heterocycles. The van der Waals surface area contributed by atoms with Gasteiger partial charge in [0.1, 0.15) is 0 Å². The van der Waals surface area contributed by atoms with Crippen LogP contribution in [0.3, 0.4) is 0 Å². The molecule has 0 spiro atoms. The van der Waals surface area contributed by atoms with Gasteiger partial charge >= 0.3 is 0 Å². The highest BCUT2D eigenvalue weighted by atomic mass is 34.4. The Morgan fingerprint density at radius 1 is 0.524 bits per heavy atom. The molecule has 0 bridgehead atoms. The lowest BCUT2D eigenvalue weighted by Gasteiger charge is -2.81. The van der Waals surface area contributed by atoms with E-state index < -0.39 is 3.45 Å². The van der Waals surface area contributed by atoms with Crippen LogP contribution in [-0.4, -0.2) is 33.0 Å². The van der Waals surface area contributed by atoms with Crippen molar-refractivity contribution < 1.29 is 0 Å². The van der Waals surface area contributed by atoms with Gasteiger partial charge in [0.2, 0.25) is 0 Å². The molecule has 1 unspecified atom stereocenters. The van der Waals surface area contributed by atoms with Crippen LogP contribution < -0.4 is 0 Å². The second-order valence-corrected chi connectivity index (χ2v) is 42.7. The van der Waals surface area contributed by atoms with E-state index in [9.17, 15) is 0 Å². The van der Waals surface area contributed by atoms with E-state index in [0.29, 0.717) is 0 Å². The molecule has 2 rings (SSSR count). The highest BCUT2D eigenvalue weighted by Crippen LogP contribution is 3.25. The van der Waals surface area contributed by atoms with Crippen molar-refractivity contribution in [3.63, 3.8) is 0 Å². The predicted molar refractivity (Wildman–Crippen MR) is 215 cm³/mol. The van der Waals surface area contributed by atoms with Gasteiger partial charge < -0.3 is 0 Å². The first-order valence-corrected chi connectivity index (χ1v) is 28.7. The third-order valence-corrected chi connectivity index (χ3v) is 47.1. The third-order valence-electron chi connectivity index (χ3n) is 9.48. The highest BCUT2D eigenvalue weighted by Gasteiger charge is 2.69. The lowest BCUT2D eigenvalue weighted by Crippen LogP contribution is -2.36. The quantitative estimate of drug-likeness (QED) is 0.0527. The molecule has 0 radical (unpaired) electrons. The van der Waals surface area contributed by atoms with Crippen LogP contribution in [0.15, 0.2) is 0 Å². The molecule has 0 saturated heterocycles. The first-order chi connectivity index (χ1) is 20.4. The second-order valence-electron chi connectivity index (χ2n) is 13.5. The standard InChI is InChI=1S/C36H74S6/c1-6-10-13-17-25-33-39-42(37-31-23-12-8-3,40-34(5)26-9-4,38-32-24-14-11-7-2,36-29-21-15-16-22-30-36)41-35-27-19-18-20-28-35/h34-36H,6-33H2,1-5H3. The first-order valence-electron chi connectivity index (χ1n) is 18.9. The molecule has 0 amide bonds. The van der Waals surface area contributed by atoms with Crippen molar-refractivity contribution in [1.82, 2.24) is 0 Å². The van der Waals surface area contributed by atoms with Gasteiger partial charge in [-0.25, -0.2) is 0 Å². The Kier molecular flexibility index (Phi) is 21.0. The summed E-state index contributed by atoms with van der Waals surface area (Å²) in [5, 5.41) is 2.57. The Labute approximate surface area is 283 Å². The molecule has 254 valence electrons. The Balaban J connectivity index is 2.72. The molecule has 0 aromatic carbocycles. The molecule has 0 heterocycles. The molecule has 2 fully saturated rings. The normalized spacial score (nSPS) is 20.2. The Bertz CT molecular complexity index is 676. The summed E-state index contributed by atoms with van der Waals surface area (Å²) in [6.45, 7) is 12.3. The summed E-state index contributed by atoms with van der Waals surface area (Å²) in [5.74, 6) is 4.23. The molecule has 0 aromatic rings. The molecule has 0 nitrogen and oxygen atoms in total. The number of rotatable bonds is 25. The van der Waals surface area contributed by atoms with Gasteiger partial charge in [-0.05, 0) is 51.4 Å². The van der Waals surface area contributed by atoms with E-state index in [1.54, 1.807) is 0 Å². The molecule has 6 heteroatoms. The lowest BCUT2D eigenvalue weighted by molar-refractivity contribution is 0.517. The van der Waals surface area contributed by atoms with Crippen molar-refractivity contribution >= 4 is 57.4 Å². The minimum atomic E-state index is -2.82. The molecule has 42 heavy (non-hydrogen) atoms. The first kappa shape index (κ1) is 40.3. The van der Waals surface area contributed by atoms with E-state index in [1.165, 1.54) is 178 Å². The zero-order chi connectivity index (χ0) is 30.5. The van der Waals surface area contributed by atoms with E-state index in [-0.39, 0.29) is 0 Å². The van der Waals surface area contributed by atoms with Crippen LogP contribution in [0.4, 0.5) is 0 Å². The Hall–Kier alpha value is 2.10. The topological polar surface area (TPSA) is 0 Å². The van der Waals surface area contributed by atoms with E-state index in [0.717, 1.165) is 15.7 Å². The zero-order valence-electron chi connectivity index (χ0n) is 29.0. The fourth-order valence-corrected chi connectivity index (χ4v) is 52.0. The minimum absolute atomic E-state index is 0.769. The summed E-state index contributed by atoms with van der Waals surface area (Å²) >= 11 is 0. The number of unbranched alkanes of at least 4 members (excludes halogenated alkanes) is 9. The maximum Gasteiger partial charge on any atom is 0.0151 e. The van der Waals surface area contributed by atoms with Gasteiger partial charge in [0, 0.05) is 33.0 Å². The summed E-state index contributed by atoms with van der Waals surface area (Å²) in [6, 6.07) is 0. The van der Waals surface area contributed by atoms with E-state index in [2.05, 4.69) is 88.6 Å². The monoisotopic (exact) mass is 698 g/mol. The molecule has 2 aliphatic carbocycles. The SMILES string of the molecule is CCCCCCCSS(SCCCCC)(SCCCCCC)(SC(C)CCC)(SC1CCCCC1)C1CCCCCC1. The summed E-state index contributed by atoms with van der Waals surface area (Å²) < 4.78 is -2.82. The molecule has 2 saturated carbocycles. The van der Waals surface area contributed by atoms with Crippen LogP contribution in [0.25, 0.3) is 0 Å². The maximum atomic E-state index is 2.74. The smallest absolute Gasteiger partial charge is 0.0151 e. The molecular weight excluding hydrogens is 625 g/mol. The molecular formula is C36H74S6. The van der Waals surface area contributed by atoms with Gasteiger partial charge in [0.15, 0.2) is 0 Å². The zero-order valence-corrected chi connectivity index (χ0v) is 33.9. The lowest BCUT2D eigenvalue weighted by atomic mass is 10.0. The van der Waals surface area contributed by atoms with Gasteiger partial charge in [-0.2, -0.15) is 0 Å². The third kappa shape index (κ3) is 12.3. The molecule has 0 N–H and O–H groups in total. The van der Waals surface area contributed by atoms with Gasteiger partial charge in [-0.3, -0.25) is 0 Å². The largest absolute Gasteiger partial charge is 0.0939 e. The fourth-order valence-electron chi connectivity index (χ4n) is 7.06. The Morgan fingerprint density at radius 3 is 1.48 bits per heavy atom. The average molecular weight is 699 g/mol. The van der Waals surface area contributed by atoms with E-state index >= 15 is 0 Å². The summed E-state index contributed by atoms with van der Waals surface area (Å²) in [5.41, 5.74) is 0. The Morgan fingerprint density at radius 2 is 0.952 bits per heavy atom. The molecule has 0 aromatic heterocycles. The predicted octanol–water partition coefficient (Wildman–Crippen LogP) is 16.1. The van der Waals surface area contributed by atoms with Crippen LogP contribution in [0.5, 0.6) is 0 Å². The average Bonchev–Trinajstić information content (AvgIpc) is 3.29. The van der Waals surface area contributed by atoms with E-state index in [4.69, 9.17) is 0 Å². The summed E-state index contributed by atoms with van der Waals surface area (Å²) in [7, 11) is 13.4. The fraction of sp³-hybridized carbons (Fsp3) is 1.00. The van der Waals surface area contributed by atoms with Crippen molar-refractivity contribution in [2.75, 3.05) is 17.3 Å². The van der Waals surface area contributed by atoms with Crippen molar-refractivity contribution in [3.05, 3.63) is 0 Å². The van der Waals surface area contributed by atoms with Crippen molar-refractivity contribution in [3.8, 4) is 0 Å².